The summed E-state index contributed by atoms with van der Waals surface area (Å²) in [6, 6.07) is 15.7. The predicted molar refractivity (Wildman–Crippen MR) is 131 cm³/mol. The summed E-state index contributed by atoms with van der Waals surface area (Å²) < 4.78 is 11.7. The minimum Gasteiger partial charge on any atom is -0.497 e. The topological polar surface area (TPSA) is 77.4 Å². The Labute approximate surface area is 195 Å². The van der Waals surface area contributed by atoms with Gasteiger partial charge in [0.05, 0.1) is 41.7 Å². The van der Waals surface area contributed by atoms with Gasteiger partial charge in [-0.15, -0.1) is 11.3 Å². The van der Waals surface area contributed by atoms with Gasteiger partial charge in [0.2, 0.25) is 5.88 Å². The van der Waals surface area contributed by atoms with Crippen LogP contribution in [0.2, 0.25) is 0 Å². The molecule has 1 atom stereocenters. The number of ether oxygens (including phenoxy) is 2. The number of benzene rings is 3. The van der Waals surface area contributed by atoms with Crippen LogP contribution in [0.1, 0.15) is 28.4 Å². The van der Waals surface area contributed by atoms with Crippen LogP contribution in [0.25, 0.3) is 31.8 Å². The molecule has 2 aromatic heterocycles. The summed E-state index contributed by atoms with van der Waals surface area (Å²) in [7, 11) is 3.21. The van der Waals surface area contributed by atoms with Crippen molar-refractivity contribution in [3.05, 3.63) is 77.0 Å². The SMILES string of the molecule is COc1cc(C(O)c2ccccc2C)c2nc(-c3cc(C)cc4nc(OC)cnc34)sc2c1. The molecule has 5 rings (SSSR count). The molecule has 0 amide bonds. The molecule has 3 aromatic carbocycles. The Morgan fingerprint density at radius 1 is 0.909 bits per heavy atom. The summed E-state index contributed by atoms with van der Waals surface area (Å²) >= 11 is 1.54. The van der Waals surface area contributed by atoms with Gasteiger partial charge in [0, 0.05) is 11.1 Å². The fourth-order valence-corrected chi connectivity index (χ4v) is 5.09. The molecule has 0 saturated heterocycles. The first-order valence-corrected chi connectivity index (χ1v) is 11.3. The number of nitrogens with zero attached hydrogens (tertiary/aromatic N) is 3. The Hall–Kier alpha value is -3.55. The molecule has 166 valence electrons. The minimum atomic E-state index is -0.822. The summed E-state index contributed by atoms with van der Waals surface area (Å²) in [5.41, 5.74) is 6.79. The second-order valence-corrected chi connectivity index (χ2v) is 8.96. The lowest BCUT2D eigenvalue weighted by molar-refractivity contribution is 0.220. The molecule has 0 aliphatic rings. The van der Waals surface area contributed by atoms with E-state index in [4.69, 9.17) is 14.5 Å². The van der Waals surface area contributed by atoms with E-state index in [0.29, 0.717) is 17.2 Å². The molecule has 1 unspecified atom stereocenters. The maximum absolute atomic E-state index is 11.3. The molecule has 0 saturated carbocycles. The van der Waals surface area contributed by atoms with Crippen molar-refractivity contribution < 1.29 is 14.6 Å². The van der Waals surface area contributed by atoms with Gasteiger partial charge in [0.1, 0.15) is 16.9 Å². The molecule has 2 heterocycles. The van der Waals surface area contributed by atoms with Gasteiger partial charge in [-0.1, -0.05) is 24.3 Å². The van der Waals surface area contributed by atoms with Crippen molar-refractivity contribution in [2.75, 3.05) is 14.2 Å². The van der Waals surface area contributed by atoms with Crippen LogP contribution in [0.5, 0.6) is 11.6 Å². The van der Waals surface area contributed by atoms with Crippen LogP contribution in [0, 0.1) is 13.8 Å². The van der Waals surface area contributed by atoms with Gasteiger partial charge in [0.15, 0.2) is 0 Å². The van der Waals surface area contributed by atoms with Crippen molar-refractivity contribution in [3.63, 3.8) is 0 Å². The number of aromatic nitrogens is 3. The van der Waals surface area contributed by atoms with Gasteiger partial charge in [-0.05, 0) is 54.8 Å². The Morgan fingerprint density at radius 3 is 2.48 bits per heavy atom. The third-order valence-electron chi connectivity index (χ3n) is 5.72. The van der Waals surface area contributed by atoms with E-state index in [9.17, 15) is 5.11 Å². The third-order valence-corrected chi connectivity index (χ3v) is 6.76. The third kappa shape index (κ3) is 3.79. The smallest absolute Gasteiger partial charge is 0.232 e. The van der Waals surface area contributed by atoms with Gasteiger partial charge >= 0.3 is 0 Å². The highest BCUT2D eigenvalue weighted by atomic mass is 32.1. The van der Waals surface area contributed by atoms with Crippen molar-refractivity contribution in [2.45, 2.75) is 20.0 Å². The van der Waals surface area contributed by atoms with Crippen LogP contribution >= 0.6 is 11.3 Å². The fourth-order valence-electron chi connectivity index (χ4n) is 4.04. The number of aryl methyl sites for hydroxylation is 2. The van der Waals surface area contributed by atoms with Crippen molar-refractivity contribution in [1.82, 2.24) is 15.0 Å². The number of aliphatic hydroxyl groups excluding tert-OH is 1. The van der Waals surface area contributed by atoms with E-state index in [-0.39, 0.29) is 0 Å². The summed E-state index contributed by atoms with van der Waals surface area (Å²) in [4.78, 5) is 14.1. The number of fused-ring (bicyclic) bond motifs is 2. The van der Waals surface area contributed by atoms with Crippen molar-refractivity contribution >= 4 is 32.6 Å². The largest absolute Gasteiger partial charge is 0.497 e. The Bertz CT molecular complexity index is 1500. The Balaban J connectivity index is 1.73. The van der Waals surface area contributed by atoms with Crippen molar-refractivity contribution in [1.29, 1.82) is 0 Å². The maximum atomic E-state index is 11.3. The predicted octanol–water partition coefficient (Wildman–Crippen LogP) is 5.62. The van der Waals surface area contributed by atoms with E-state index >= 15 is 0 Å². The van der Waals surface area contributed by atoms with Crippen LogP contribution < -0.4 is 9.47 Å². The van der Waals surface area contributed by atoms with Crippen LogP contribution in [-0.4, -0.2) is 34.3 Å². The van der Waals surface area contributed by atoms with Gasteiger partial charge in [-0.3, -0.25) is 0 Å². The molecule has 0 fully saturated rings. The first kappa shape index (κ1) is 21.3. The number of thiazole rings is 1. The summed E-state index contributed by atoms with van der Waals surface area (Å²) in [5, 5.41) is 12.1. The van der Waals surface area contributed by atoms with E-state index in [1.807, 2.05) is 56.3 Å². The highest BCUT2D eigenvalue weighted by molar-refractivity contribution is 7.21. The molecule has 33 heavy (non-hydrogen) atoms. The standard InChI is InChI=1S/C26H23N3O3S/c1-14-9-19(23-20(10-14)28-22(32-4)13-27-23)26-29-24-18(11-16(31-3)12-21(24)33-26)25(30)17-8-6-5-7-15(17)2/h5-13,25,30H,1-4H3. The summed E-state index contributed by atoms with van der Waals surface area (Å²) in [6.07, 6.45) is 0.794. The van der Waals surface area contributed by atoms with Crippen LogP contribution in [0.15, 0.2) is 54.7 Å². The average molecular weight is 458 g/mol. The monoisotopic (exact) mass is 457 g/mol. The van der Waals surface area contributed by atoms with Gasteiger partial charge in [-0.2, -0.15) is 0 Å². The first-order valence-electron chi connectivity index (χ1n) is 10.5. The van der Waals surface area contributed by atoms with Gasteiger partial charge in [-0.25, -0.2) is 15.0 Å². The lowest BCUT2D eigenvalue weighted by Gasteiger charge is -2.15. The van der Waals surface area contributed by atoms with Gasteiger partial charge in [0.25, 0.3) is 0 Å². The molecule has 6 nitrogen and oxygen atoms in total. The minimum absolute atomic E-state index is 0.469. The molecular weight excluding hydrogens is 434 g/mol. The zero-order chi connectivity index (χ0) is 23.1. The number of hydrogen-bond acceptors (Lipinski definition) is 7. The molecular formula is C26H23N3O3S. The maximum Gasteiger partial charge on any atom is 0.232 e. The fraction of sp³-hybridized carbons (Fsp3) is 0.192. The second kappa shape index (κ2) is 8.42. The quantitative estimate of drug-likeness (QED) is 0.369. The van der Waals surface area contributed by atoms with E-state index in [1.165, 1.54) is 0 Å². The molecule has 5 aromatic rings. The highest BCUT2D eigenvalue weighted by Gasteiger charge is 2.21. The van der Waals surface area contributed by atoms with Crippen LogP contribution in [0.4, 0.5) is 0 Å². The lowest BCUT2D eigenvalue weighted by atomic mass is 9.96. The van der Waals surface area contributed by atoms with E-state index < -0.39 is 6.10 Å². The molecule has 1 N–H and O–H groups in total. The van der Waals surface area contributed by atoms with Crippen LogP contribution in [0.3, 0.4) is 0 Å². The van der Waals surface area contributed by atoms with Gasteiger partial charge < -0.3 is 14.6 Å². The zero-order valence-corrected chi connectivity index (χ0v) is 19.6. The van der Waals surface area contributed by atoms with E-state index in [2.05, 4.69) is 16.0 Å². The molecule has 0 bridgehead atoms. The lowest BCUT2D eigenvalue weighted by Crippen LogP contribution is -2.03. The normalized spacial score (nSPS) is 12.3. The molecule has 7 heteroatoms. The molecule has 0 aliphatic heterocycles. The number of rotatable bonds is 5. The average Bonchev–Trinajstić information content (AvgIpc) is 3.26. The molecule has 0 aliphatic carbocycles. The Kier molecular flexibility index (Phi) is 5.44. The van der Waals surface area contributed by atoms with Crippen LogP contribution in [-0.2, 0) is 0 Å². The van der Waals surface area contributed by atoms with E-state index in [1.54, 1.807) is 31.8 Å². The van der Waals surface area contributed by atoms with Crippen molar-refractivity contribution in [2.24, 2.45) is 0 Å². The second-order valence-electron chi connectivity index (χ2n) is 7.93. The molecule has 0 radical (unpaired) electrons. The van der Waals surface area contributed by atoms with Crippen molar-refractivity contribution in [3.8, 4) is 22.2 Å². The molecule has 0 spiro atoms. The number of methoxy groups -OCH3 is 2. The first-order chi connectivity index (χ1) is 16.0. The Morgan fingerprint density at radius 2 is 1.73 bits per heavy atom. The zero-order valence-electron chi connectivity index (χ0n) is 18.8. The van der Waals surface area contributed by atoms with E-state index in [0.717, 1.165) is 48.5 Å². The summed E-state index contributed by atoms with van der Waals surface area (Å²) in [5.74, 6) is 1.15. The number of hydrogen-bond donors (Lipinski definition) is 1. The summed E-state index contributed by atoms with van der Waals surface area (Å²) in [6.45, 7) is 4.02. The number of aliphatic hydroxyl groups is 1. The highest BCUT2D eigenvalue weighted by Crippen LogP contribution is 2.40.